The van der Waals surface area contributed by atoms with Gasteiger partial charge in [0.2, 0.25) is 0 Å². The zero-order chi connectivity index (χ0) is 13.8. The lowest BCUT2D eigenvalue weighted by molar-refractivity contribution is 0.0993. The monoisotopic (exact) mass is 255 g/mol. The van der Waals surface area contributed by atoms with Crippen LogP contribution in [0.25, 0.3) is 0 Å². The number of hydrogen-bond acceptors (Lipinski definition) is 2. The maximum Gasteiger partial charge on any atom is 0.258 e. The molecule has 0 spiro atoms. The number of amides is 1. The van der Waals surface area contributed by atoms with Gasteiger partial charge < -0.3 is 9.64 Å². The summed E-state index contributed by atoms with van der Waals surface area (Å²) < 4.78 is 5.28. The lowest BCUT2D eigenvalue weighted by Gasteiger charge is -2.18. The van der Waals surface area contributed by atoms with Crippen molar-refractivity contribution in [3.05, 3.63) is 59.7 Å². The van der Waals surface area contributed by atoms with Crippen LogP contribution in [0.15, 0.2) is 48.5 Å². The van der Waals surface area contributed by atoms with Crippen LogP contribution in [0.3, 0.4) is 0 Å². The topological polar surface area (TPSA) is 29.5 Å². The second-order valence-electron chi connectivity index (χ2n) is 4.38. The summed E-state index contributed by atoms with van der Waals surface area (Å²) in [4.78, 5) is 13.9. The Morgan fingerprint density at radius 3 is 2.42 bits per heavy atom. The van der Waals surface area contributed by atoms with Crippen LogP contribution in [0.2, 0.25) is 0 Å². The Morgan fingerprint density at radius 1 is 1.11 bits per heavy atom. The number of nitrogens with zero attached hydrogens (tertiary/aromatic N) is 1. The van der Waals surface area contributed by atoms with Crippen molar-refractivity contribution in [3.8, 4) is 5.75 Å². The molecule has 0 aliphatic carbocycles. The van der Waals surface area contributed by atoms with Crippen LogP contribution in [0.4, 0.5) is 5.69 Å². The van der Waals surface area contributed by atoms with Crippen LogP contribution < -0.4 is 9.64 Å². The molecule has 0 aliphatic rings. The molecule has 0 saturated heterocycles. The van der Waals surface area contributed by atoms with E-state index in [9.17, 15) is 4.79 Å². The van der Waals surface area contributed by atoms with E-state index in [1.54, 1.807) is 19.1 Å². The summed E-state index contributed by atoms with van der Waals surface area (Å²) in [6.07, 6.45) is 0. The fourth-order valence-electron chi connectivity index (χ4n) is 1.91. The lowest BCUT2D eigenvalue weighted by Crippen LogP contribution is -2.26. The first-order valence-electron chi connectivity index (χ1n) is 6.11. The predicted octanol–water partition coefficient (Wildman–Crippen LogP) is 3.28. The minimum absolute atomic E-state index is 0.0356. The van der Waals surface area contributed by atoms with E-state index < -0.39 is 0 Å². The van der Waals surface area contributed by atoms with Gasteiger partial charge in [-0.15, -0.1) is 0 Å². The van der Waals surface area contributed by atoms with E-state index in [1.165, 1.54) is 0 Å². The van der Waals surface area contributed by atoms with Gasteiger partial charge in [0.15, 0.2) is 0 Å². The molecule has 0 bridgehead atoms. The third kappa shape index (κ3) is 2.76. The van der Waals surface area contributed by atoms with E-state index >= 15 is 0 Å². The van der Waals surface area contributed by atoms with Gasteiger partial charge in [-0.3, -0.25) is 4.79 Å². The SMILES string of the molecule is COc1cc(N(C)C(=O)c2ccccc2)ccc1C. The number of benzene rings is 2. The summed E-state index contributed by atoms with van der Waals surface area (Å²) in [5.74, 6) is 0.747. The van der Waals surface area contributed by atoms with Crippen molar-refractivity contribution in [1.82, 2.24) is 0 Å². The molecule has 0 fully saturated rings. The molecule has 3 heteroatoms. The van der Waals surface area contributed by atoms with E-state index in [0.29, 0.717) is 5.56 Å². The van der Waals surface area contributed by atoms with Gasteiger partial charge in [-0.25, -0.2) is 0 Å². The molecular formula is C16H17NO2. The highest BCUT2D eigenvalue weighted by atomic mass is 16.5. The molecule has 0 atom stereocenters. The van der Waals surface area contributed by atoms with Crippen LogP contribution in [-0.4, -0.2) is 20.1 Å². The van der Waals surface area contributed by atoms with E-state index in [-0.39, 0.29) is 5.91 Å². The molecule has 0 aliphatic heterocycles. The van der Waals surface area contributed by atoms with Crippen molar-refractivity contribution in [2.45, 2.75) is 6.92 Å². The zero-order valence-electron chi connectivity index (χ0n) is 11.4. The molecule has 98 valence electrons. The fraction of sp³-hybridized carbons (Fsp3) is 0.188. The average Bonchev–Trinajstić information content (AvgIpc) is 2.47. The number of hydrogen-bond donors (Lipinski definition) is 0. The Bertz CT molecular complexity index is 579. The molecule has 0 heterocycles. The van der Waals surface area contributed by atoms with Gasteiger partial charge in [-0.05, 0) is 30.7 Å². The number of rotatable bonds is 3. The fourth-order valence-corrected chi connectivity index (χ4v) is 1.91. The Hall–Kier alpha value is -2.29. The maximum absolute atomic E-state index is 12.3. The van der Waals surface area contributed by atoms with E-state index in [0.717, 1.165) is 17.0 Å². The number of carbonyl (C=O) groups is 1. The van der Waals surface area contributed by atoms with Crippen molar-refractivity contribution in [3.63, 3.8) is 0 Å². The summed E-state index contributed by atoms with van der Waals surface area (Å²) >= 11 is 0. The van der Waals surface area contributed by atoms with E-state index in [1.807, 2.05) is 55.5 Å². The van der Waals surface area contributed by atoms with Crippen LogP contribution in [0.1, 0.15) is 15.9 Å². The number of methoxy groups -OCH3 is 1. The van der Waals surface area contributed by atoms with Gasteiger partial charge in [0.05, 0.1) is 7.11 Å². The molecule has 0 saturated carbocycles. The second-order valence-corrected chi connectivity index (χ2v) is 4.38. The third-order valence-corrected chi connectivity index (χ3v) is 3.10. The highest BCUT2D eigenvalue weighted by Crippen LogP contribution is 2.25. The summed E-state index contributed by atoms with van der Waals surface area (Å²) in [7, 11) is 3.39. The van der Waals surface area contributed by atoms with Crippen LogP contribution >= 0.6 is 0 Å². The lowest BCUT2D eigenvalue weighted by atomic mass is 10.1. The first-order valence-corrected chi connectivity index (χ1v) is 6.11. The molecule has 19 heavy (non-hydrogen) atoms. The van der Waals surface area contributed by atoms with Crippen molar-refractivity contribution in [2.75, 3.05) is 19.1 Å². The van der Waals surface area contributed by atoms with Crippen LogP contribution in [0, 0.1) is 6.92 Å². The summed E-state index contributed by atoms with van der Waals surface area (Å²) in [6, 6.07) is 15.0. The minimum atomic E-state index is -0.0356. The number of ether oxygens (including phenoxy) is 1. The molecule has 0 aromatic heterocycles. The number of aryl methyl sites for hydroxylation is 1. The summed E-state index contributed by atoms with van der Waals surface area (Å²) in [5, 5.41) is 0. The van der Waals surface area contributed by atoms with E-state index in [2.05, 4.69) is 0 Å². The first kappa shape index (κ1) is 13.1. The van der Waals surface area contributed by atoms with Crippen molar-refractivity contribution < 1.29 is 9.53 Å². The predicted molar refractivity (Wildman–Crippen MR) is 76.9 cm³/mol. The number of carbonyl (C=O) groups excluding carboxylic acids is 1. The second kappa shape index (κ2) is 5.57. The average molecular weight is 255 g/mol. The van der Waals surface area contributed by atoms with Crippen molar-refractivity contribution >= 4 is 11.6 Å². The highest BCUT2D eigenvalue weighted by Gasteiger charge is 2.14. The summed E-state index contributed by atoms with van der Waals surface area (Å²) in [5.41, 5.74) is 2.53. The standard InChI is InChI=1S/C16H17NO2/c1-12-9-10-14(11-15(12)19-3)17(2)16(18)13-7-5-4-6-8-13/h4-11H,1-3H3. The van der Waals surface area contributed by atoms with Gasteiger partial charge >= 0.3 is 0 Å². The smallest absolute Gasteiger partial charge is 0.258 e. The van der Waals surface area contributed by atoms with Crippen LogP contribution in [0.5, 0.6) is 5.75 Å². The van der Waals surface area contributed by atoms with Gasteiger partial charge in [0.25, 0.3) is 5.91 Å². The van der Waals surface area contributed by atoms with Gasteiger partial charge in [0, 0.05) is 24.4 Å². The van der Waals surface area contributed by atoms with Crippen molar-refractivity contribution in [2.24, 2.45) is 0 Å². The summed E-state index contributed by atoms with van der Waals surface area (Å²) in [6.45, 7) is 1.97. The van der Waals surface area contributed by atoms with Gasteiger partial charge in [-0.2, -0.15) is 0 Å². The number of anilines is 1. The van der Waals surface area contributed by atoms with E-state index in [4.69, 9.17) is 4.74 Å². The van der Waals surface area contributed by atoms with Gasteiger partial charge in [-0.1, -0.05) is 24.3 Å². The Balaban J connectivity index is 2.29. The van der Waals surface area contributed by atoms with Gasteiger partial charge in [0.1, 0.15) is 5.75 Å². The molecule has 2 rings (SSSR count). The zero-order valence-corrected chi connectivity index (χ0v) is 11.4. The molecule has 0 radical (unpaired) electrons. The molecule has 0 N–H and O–H groups in total. The molecule has 1 amide bonds. The quantitative estimate of drug-likeness (QED) is 0.842. The molecular weight excluding hydrogens is 238 g/mol. The third-order valence-electron chi connectivity index (χ3n) is 3.10. The molecule has 0 unspecified atom stereocenters. The molecule has 2 aromatic carbocycles. The normalized spacial score (nSPS) is 10.1. The van der Waals surface area contributed by atoms with Crippen molar-refractivity contribution in [1.29, 1.82) is 0 Å². The Kier molecular flexibility index (Phi) is 3.85. The molecule has 2 aromatic rings. The maximum atomic E-state index is 12.3. The highest BCUT2D eigenvalue weighted by molar-refractivity contribution is 6.05. The molecule has 3 nitrogen and oxygen atoms in total. The largest absolute Gasteiger partial charge is 0.496 e. The van der Waals surface area contributed by atoms with Crippen LogP contribution in [-0.2, 0) is 0 Å². The Morgan fingerprint density at radius 2 is 1.79 bits per heavy atom. The Labute approximate surface area is 113 Å². The first-order chi connectivity index (χ1) is 9.13. The minimum Gasteiger partial charge on any atom is -0.496 e.